The monoisotopic (exact) mass is 192 g/mol. The molecule has 0 amide bonds. The minimum absolute atomic E-state index is 0.232. The highest BCUT2D eigenvalue weighted by Crippen LogP contribution is 2.53. The van der Waals surface area contributed by atoms with E-state index >= 15 is 0 Å². The highest BCUT2D eigenvalue weighted by Gasteiger charge is 2.52. The summed E-state index contributed by atoms with van der Waals surface area (Å²) in [6.45, 7) is 2.19. The molecule has 0 radical (unpaired) electrons. The molecule has 14 heavy (non-hydrogen) atoms. The number of halogens is 1. The van der Waals surface area contributed by atoms with E-state index < -0.39 is 0 Å². The molecule has 1 aliphatic carbocycles. The van der Waals surface area contributed by atoms with Gasteiger partial charge in [0.1, 0.15) is 5.82 Å². The van der Waals surface area contributed by atoms with Gasteiger partial charge in [-0.25, -0.2) is 4.39 Å². The maximum absolute atomic E-state index is 13.2. The normalized spacial score (nSPS) is 22.2. The summed E-state index contributed by atoms with van der Waals surface area (Å²) in [5, 5.41) is 0. The Labute approximate surface area is 82.5 Å². The van der Waals surface area contributed by atoms with Gasteiger partial charge in [0.15, 0.2) is 0 Å². The van der Waals surface area contributed by atoms with Crippen molar-refractivity contribution in [1.82, 2.24) is 0 Å². The number of rotatable bonds is 1. The third-order valence-electron chi connectivity index (χ3n) is 3.36. The molecule has 1 aromatic carbocycles. The number of nitrogens with zero attached hydrogens (tertiary/aromatic N) is 1. The zero-order valence-electron chi connectivity index (χ0n) is 7.96. The Kier molecular flexibility index (Phi) is 1.39. The van der Waals surface area contributed by atoms with E-state index in [2.05, 4.69) is 4.90 Å². The lowest BCUT2D eigenvalue weighted by Gasteiger charge is -2.41. The molecule has 1 aromatic rings. The van der Waals surface area contributed by atoms with Gasteiger partial charge in [-0.15, -0.1) is 0 Å². The lowest BCUT2D eigenvalue weighted by Crippen LogP contribution is -2.48. The smallest absolute Gasteiger partial charge is 0.148 e. The molecule has 2 aliphatic rings. The summed E-state index contributed by atoms with van der Waals surface area (Å²) in [5.41, 5.74) is 7.23. The highest BCUT2D eigenvalue weighted by molar-refractivity contribution is 5.56. The Bertz CT molecular complexity index is 377. The minimum Gasteiger partial charge on any atom is -0.396 e. The van der Waals surface area contributed by atoms with Crippen molar-refractivity contribution in [3.05, 3.63) is 24.0 Å². The largest absolute Gasteiger partial charge is 0.396 e. The maximum atomic E-state index is 13.2. The summed E-state index contributed by atoms with van der Waals surface area (Å²) < 4.78 is 13.2. The van der Waals surface area contributed by atoms with E-state index in [1.807, 2.05) is 6.07 Å². The van der Waals surface area contributed by atoms with Crippen molar-refractivity contribution in [2.45, 2.75) is 12.8 Å². The van der Waals surface area contributed by atoms with Crippen LogP contribution in [0.25, 0.3) is 0 Å². The average molecular weight is 192 g/mol. The van der Waals surface area contributed by atoms with E-state index in [9.17, 15) is 4.39 Å². The van der Waals surface area contributed by atoms with Crippen LogP contribution in [0.3, 0.4) is 0 Å². The first-order valence-corrected chi connectivity index (χ1v) is 4.99. The van der Waals surface area contributed by atoms with Crippen LogP contribution in [0.4, 0.5) is 15.8 Å². The third kappa shape index (κ3) is 1.08. The fraction of sp³-hybridized carbons (Fsp3) is 0.455. The first-order valence-electron chi connectivity index (χ1n) is 4.99. The second-order valence-electron chi connectivity index (χ2n) is 4.56. The van der Waals surface area contributed by atoms with E-state index in [1.54, 1.807) is 6.07 Å². The molecule has 1 spiro atoms. The van der Waals surface area contributed by atoms with Gasteiger partial charge in [-0.2, -0.15) is 0 Å². The van der Waals surface area contributed by atoms with E-state index in [4.69, 9.17) is 5.73 Å². The van der Waals surface area contributed by atoms with Crippen molar-refractivity contribution in [2.75, 3.05) is 23.7 Å². The van der Waals surface area contributed by atoms with Crippen LogP contribution in [0.5, 0.6) is 0 Å². The summed E-state index contributed by atoms with van der Waals surface area (Å²) in [4.78, 5) is 2.22. The predicted molar refractivity (Wildman–Crippen MR) is 54.7 cm³/mol. The number of benzene rings is 1. The third-order valence-corrected chi connectivity index (χ3v) is 3.36. The van der Waals surface area contributed by atoms with Crippen molar-refractivity contribution in [3.63, 3.8) is 0 Å². The molecule has 3 rings (SSSR count). The molecule has 1 heterocycles. The summed E-state index contributed by atoms with van der Waals surface area (Å²) in [6, 6.07) is 5.07. The SMILES string of the molecule is Nc1ccc(N2CC3(CC3)C2)cc1F. The van der Waals surface area contributed by atoms with Gasteiger partial charge in [-0.1, -0.05) is 0 Å². The number of nitrogens with two attached hydrogens (primary N) is 1. The Morgan fingerprint density at radius 2 is 2.00 bits per heavy atom. The van der Waals surface area contributed by atoms with Crippen LogP contribution in [0.1, 0.15) is 12.8 Å². The number of nitrogen functional groups attached to an aromatic ring is 1. The molecule has 0 unspecified atom stereocenters. The van der Waals surface area contributed by atoms with Crippen molar-refractivity contribution >= 4 is 11.4 Å². The number of anilines is 2. The standard InChI is InChI=1S/C11H13FN2/c12-9-5-8(1-2-10(9)13)14-6-11(7-14)3-4-11/h1-2,5H,3-4,6-7,13H2. The van der Waals surface area contributed by atoms with Crippen molar-refractivity contribution in [2.24, 2.45) is 5.41 Å². The Balaban J connectivity index is 1.80. The van der Waals surface area contributed by atoms with E-state index in [1.165, 1.54) is 18.9 Å². The first kappa shape index (κ1) is 8.09. The number of hydrogen-bond acceptors (Lipinski definition) is 2. The molecule has 1 saturated carbocycles. The molecule has 2 nitrogen and oxygen atoms in total. The van der Waals surface area contributed by atoms with Gasteiger partial charge in [-0.3, -0.25) is 0 Å². The van der Waals surface area contributed by atoms with Crippen molar-refractivity contribution in [1.29, 1.82) is 0 Å². The van der Waals surface area contributed by atoms with Crippen LogP contribution in [0.15, 0.2) is 18.2 Å². The topological polar surface area (TPSA) is 29.3 Å². The van der Waals surface area contributed by atoms with Crippen LogP contribution < -0.4 is 10.6 Å². The molecule has 3 heteroatoms. The quantitative estimate of drug-likeness (QED) is 0.690. The van der Waals surface area contributed by atoms with Crippen LogP contribution in [-0.2, 0) is 0 Å². The molecule has 0 bridgehead atoms. The van der Waals surface area contributed by atoms with Gasteiger partial charge in [0.05, 0.1) is 5.69 Å². The molecule has 2 N–H and O–H groups in total. The fourth-order valence-corrected chi connectivity index (χ4v) is 2.15. The van der Waals surface area contributed by atoms with Crippen LogP contribution in [0.2, 0.25) is 0 Å². The van der Waals surface area contributed by atoms with Crippen LogP contribution >= 0.6 is 0 Å². The second kappa shape index (κ2) is 2.41. The highest BCUT2D eigenvalue weighted by atomic mass is 19.1. The molecule has 74 valence electrons. The molecular weight excluding hydrogens is 179 g/mol. The van der Waals surface area contributed by atoms with Crippen LogP contribution in [0, 0.1) is 11.2 Å². The number of hydrogen-bond donors (Lipinski definition) is 1. The molecule has 1 saturated heterocycles. The van der Waals surface area contributed by atoms with Crippen molar-refractivity contribution < 1.29 is 4.39 Å². The van der Waals surface area contributed by atoms with Gasteiger partial charge < -0.3 is 10.6 Å². The average Bonchev–Trinajstić information content (AvgIpc) is 2.87. The lowest BCUT2D eigenvalue weighted by atomic mass is 9.96. The van der Waals surface area contributed by atoms with Gasteiger partial charge >= 0.3 is 0 Å². The maximum Gasteiger partial charge on any atom is 0.148 e. The Morgan fingerprint density at radius 3 is 2.57 bits per heavy atom. The molecule has 1 aliphatic heterocycles. The van der Waals surface area contributed by atoms with Gasteiger partial charge in [-0.05, 0) is 31.0 Å². The van der Waals surface area contributed by atoms with Gasteiger partial charge in [0, 0.05) is 24.2 Å². The Morgan fingerprint density at radius 1 is 1.29 bits per heavy atom. The predicted octanol–water partition coefficient (Wildman–Crippen LogP) is 2.01. The zero-order valence-corrected chi connectivity index (χ0v) is 7.96. The zero-order chi connectivity index (χ0) is 9.76. The molecular formula is C11H13FN2. The fourth-order valence-electron chi connectivity index (χ4n) is 2.15. The summed E-state index contributed by atoms with van der Waals surface area (Å²) in [5.74, 6) is -0.306. The summed E-state index contributed by atoms with van der Waals surface area (Å²) in [7, 11) is 0. The van der Waals surface area contributed by atoms with E-state index in [0.29, 0.717) is 5.41 Å². The molecule has 0 aromatic heterocycles. The van der Waals surface area contributed by atoms with Crippen LogP contribution in [-0.4, -0.2) is 13.1 Å². The first-order chi connectivity index (χ1) is 6.69. The Hall–Kier alpha value is -1.25. The van der Waals surface area contributed by atoms with E-state index in [0.717, 1.165) is 18.8 Å². The summed E-state index contributed by atoms with van der Waals surface area (Å²) in [6.07, 6.45) is 2.70. The molecule has 0 atom stereocenters. The van der Waals surface area contributed by atoms with Gasteiger partial charge in [0.2, 0.25) is 0 Å². The molecule has 2 fully saturated rings. The van der Waals surface area contributed by atoms with Gasteiger partial charge in [0.25, 0.3) is 0 Å². The van der Waals surface area contributed by atoms with Crippen molar-refractivity contribution in [3.8, 4) is 0 Å². The lowest BCUT2D eigenvalue weighted by molar-refractivity contribution is 0.387. The second-order valence-corrected chi connectivity index (χ2v) is 4.56. The minimum atomic E-state index is -0.306. The summed E-state index contributed by atoms with van der Waals surface area (Å²) >= 11 is 0. The van der Waals surface area contributed by atoms with E-state index in [-0.39, 0.29) is 11.5 Å².